The van der Waals surface area contributed by atoms with Crippen LogP contribution in [0.25, 0.3) is 0 Å². The van der Waals surface area contributed by atoms with E-state index >= 15 is 0 Å². The molecule has 2 N–H and O–H groups in total. The molecule has 0 aliphatic rings. The lowest BCUT2D eigenvalue weighted by Gasteiger charge is -2.09. The van der Waals surface area contributed by atoms with E-state index in [1.807, 2.05) is 0 Å². The highest BCUT2D eigenvalue weighted by molar-refractivity contribution is 6.30. The molecule has 6 heteroatoms. The molecule has 2 aromatic carbocycles. The summed E-state index contributed by atoms with van der Waals surface area (Å²) in [7, 11) is 3.08. The molecule has 0 aliphatic carbocycles. The highest BCUT2D eigenvalue weighted by atomic mass is 35.5. The first-order valence-corrected chi connectivity index (χ1v) is 6.20. The van der Waals surface area contributed by atoms with Gasteiger partial charge in [-0.25, -0.2) is 0 Å². The molecule has 0 saturated heterocycles. The van der Waals surface area contributed by atoms with E-state index in [9.17, 15) is 0 Å². The summed E-state index contributed by atoms with van der Waals surface area (Å²) >= 11 is 5.81. The quantitative estimate of drug-likeness (QED) is 0.672. The molecule has 20 heavy (non-hydrogen) atoms. The van der Waals surface area contributed by atoms with Gasteiger partial charge in [0, 0.05) is 17.2 Å². The van der Waals surface area contributed by atoms with E-state index in [1.165, 1.54) is 7.11 Å². The number of hydrogen-bond acceptors (Lipinski definition) is 5. The van der Waals surface area contributed by atoms with E-state index in [0.717, 1.165) is 0 Å². The molecule has 0 bridgehead atoms. The lowest BCUT2D eigenvalue weighted by molar-refractivity contribution is 0.406. The number of hydrogen-bond donors (Lipinski definition) is 1. The summed E-state index contributed by atoms with van der Waals surface area (Å²) in [6.45, 7) is 0. The smallest absolute Gasteiger partial charge is 0.148 e. The Hall–Kier alpha value is -2.27. The number of ether oxygens (including phenoxy) is 2. The van der Waals surface area contributed by atoms with Crippen LogP contribution in [0.15, 0.2) is 46.6 Å². The molecule has 2 aromatic rings. The largest absolute Gasteiger partial charge is 0.495 e. The Labute approximate surface area is 122 Å². The standard InChI is InChI=1S/C14H14ClN3O2/c1-19-13-8-12(14(20-2)7-11(13)16)18-17-10-5-3-9(15)4-6-10/h3-8H,16H2,1-2H3. The van der Waals surface area contributed by atoms with E-state index in [1.54, 1.807) is 43.5 Å². The fourth-order valence-electron chi connectivity index (χ4n) is 1.60. The summed E-state index contributed by atoms with van der Waals surface area (Å²) < 4.78 is 10.4. The van der Waals surface area contributed by atoms with Gasteiger partial charge in [0.2, 0.25) is 0 Å². The monoisotopic (exact) mass is 291 g/mol. The summed E-state index contributed by atoms with van der Waals surface area (Å²) in [6.07, 6.45) is 0. The average molecular weight is 292 g/mol. The van der Waals surface area contributed by atoms with Crippen molar-refractivity contribution in [3.63, 3.8) is 0 Å². The fourth-order valence-corrected chi connectivity index (χ4v) is 1.73. The maximum Gasteiger partial charge on any atom is 0.148 e. The lowest BCUT2D eigenvalue weighted by Crippen LogP contribution is -1.93. The van der Waals surface area contributed by atoms with Crippen LogP contribution in [0, 0.1) is 0 Å². The van der Waals surface area contributed by atoms with Crippen LogP contribution in [-0.4, -0.2) is 14.2 Å². The normalized spacial score (nSPS) is 10.8. The minimum Gasteiger partial charge on any atom is -0.495 e. The Balaban J connectivity index is 2.34. The van der Waals surface area contributed by atoms with Crippen LogP contribution in [0.3, 0.4) is 0 Å². The highest BCUT2D eigenvalue weighted by Crippen LogP contribution is 2.37. The van der Waals surface area contributed by atoms with Gasteiger partial charge in [0.1, 0.15) is 17.2 Å². The third-order valence-corrected chi connectivity index (χ3v) is 2.88. The first-order valence-electron chi connectivity index (χ1n) is 5.83. The van der Waals surface area contributed by atoms with E-state index in [4.69, 9.17) is 26.8 Å². The molecule has 0 saturated carbocycles. The molecule has 0 radical (unpaired) electrons. The molecule has 0 aliphatic heterocycles. The van der Waals surface area contributed by atoms with Gasteiger partial charge in [-0.3, -0.25) is 0 Å². The number of nitrogens with two attached hydrogens (primary N) is 1. The highest BCUT2D eigenvalue weighted by Gasteiger charge is 2.08. The number of azo groups is 1. The van der Waals surface area contributed by atoms with E-state index in [-0.39, 0.29) is 0 Å². The molecule has 0 unspecified atom stereocenters. The van der Waals surface area contributed by atoms with E-state index in [2.05, 4.69) is 10.2 Å². The lowest BCUT2D eigenvalue weighted by atomic mass is 10.2. The van der Waals surface area contributed by atoms with Crippen molar-refractivity contribution in [1.29, 1.82) is 0 Å². The Kier molecular flexibility index (Phi) is 4.42. The molecule has 5 nitrogen and oxygen atoms in total. The predicted molar refractivity (Wildman–Crippen MR) is 79.6 cm³/mol. The van der Waals surface area contributed by atoms with Crippen molar-refractivity contribution in [2.24, 2.45) is 10.2 Å². The first-order chi connectivity index (χ1) is 9.63. The number of benzene rings is 2. The van der Waals surface area contributed by atoms with Gasteiger partial charge in [-0.05, 0) is 24.3 Å². The number of halogens is 1. The van der Waals surface area contributed by atoms with Crippen molar-refractivity contribution in [2.45, 2.75) is 0 Å². The molecule has 0 amide bonds. The number of anilines is 1. The first kappa shape index (κ1) is 14.1. The Bertz CT molecular complexity index is 627. The van der Waals surface area contributed by atoms with Crippen molar-refractivity contribution in [2.75, 3.05) is 20.0 Å². The van der Waals surface area contributed by atoms with Gasteiger partial charge in [-0.2, -0.15) is 5.11 Å². The molecule has 0 spiro atoms. The number of methoxy groups -OCH3 is 2. The second kappa shape index (κ2) is 6.25. The number of rotatable bonds is 4. The maximum absolute atomic E-state index is 5.81. The van der Waals surface area contributed by atoms with Crippen LogP contribution in [-0.2, 0) is 0 Å². The molecule has 104 valence electrons. The van der Waals surface area contributed by atoms with E-state index < -0.39 is 0 Å². The molecule has 0 heterocycles. The van der Waals surface area contributed by atoms with Crippen molar-refractivity contribution in [3.8, 4) is 11.5 Å². The fraction of sp³-hybridized carbons (Fsp3) is 0.143. The van der Waals surface area contributed by atoms with Gasteiger partial charge >= 0.3 is 0 Å². The van der Waals surface area contributed by atoms with Crippen molar-refractivity contribution in [1.82, 2.24) is 0 Å². The molecular formula is C14H14ClN3O2. The zero-order valence-corrected chi connectivity index (χ0v) is 11.9. The van der Waals surface area contributed by atoms with Crippen LogP contribution in [0.4, 0.5) is 17.1 Å². The minimum atomic E-state index is 0.481. The Morgan fingerprint density at radius 1 is 0.950 bits per heavy atom. The zero-order valence-electron chi connectivity index (χ0n) is 11.1. The van der Waals surface area contributed by atoms with Gasteiger partial charge in [0.25, 0.3) is 0 Å². The third kappa shape index (κ3) is 3.19. The molecule has 0 atom stereocenters. The SMILES string of the molecule is COc1cc(N=Nc2ccc(Cl)cc2)c(OC)cc1N. The summed E-state index contributed by atoms with van der Waals surface area (Å²) in [4.78, 5) is 0. The van der Waals surface area contributed by atoms with Gasteiger partial charge in [0.15, 0.2) is 0 Å². The maximum atomic E-state index is 5.81. The van der Waals surface area contributed by atoms with E-state index in [0.29, 0.717) is 33.6 Å². The number of nitrogens with zero attached hydrogens (tertiary/aromatic N) is 2. The summed E-state index contributed by atoms with van der Waals surface area (Å²) in [5.74, 6) is 1.05. The van der Waals surface area contributed by atoms with Crippen molar-refractivity contribution >= 4 is 28.7 Å². The Morgan fingerprint density at radius 3 is 2.20 bits per heavy atom. The second-order valence-electron chi connectivity index (χ2n) is 3.94. The average Bonchev–Trinajstić information content (AvgIpc) is 2.47. The zero-order chi connectivity index (χ0) is 14.5. The summed E-state index contributed by atoms with van der Waals surface area (Å²) in [5, 5.41) is 8.92. The van der Waals surface area contributed by atoms with Crippen molar-refractivity contribution in [3.05, 3.63) is 41.4 Å². The van der Waals surface area contributed by atoms with Crippen LogP contribution in [0.5, 0.6) is 11.5 Å². The van der Waals surface area contributed by atoms with Gasteiger partial charge < -0.3 is 15.2 Å². The van der Waals surface area contributed by atoms with Crippen LogP contribution in [0.1, 0.15) is 0 Å². The van der Waals surface area contributed by atoms with Gasteiger partial charge in [-0.1, -0.05) is 11.6 Å². The third-order valence-electron chi connectivity index (χ3n) is 2.63. The molecule has 0 aromatic heterocycles. The van der Waals surface area contributed by atoms with Crippen LogP contribution < -0.4 is 15.2 Å². The Morgan fingerprint density at radius 2 is 1.60 bits per heavy atom. The second-order valence-corrected chi connectivity index (χ2v) is 4.38. The van der Waals surface area contributed by atoms with Crippen LogP contribution in [0.2, 0.25) is 5.02 Å². The van der Waals surface area contributed by atoms with Crippen LogP contribution >= 0.6 is 11.6 Å². The van der Waals surface area contributed by atoms with Gasteiger partial charge in [0.05, 0.1) is 25.6 Å². The molecule has 2 rings (SSSR count). The summed E-state index contributed by atoms with van der Waals surface area (Å²) in [5.41, 5.74) is 7.51. The predicted octanol–water partition coefficient (Wildman–Crippen LogP) is 4.35. The minimum absolute atomic E-state index is 0.481. The van der Waals surface area contributed by atoms with Crippen molar-refractivity contribution < 1.29 is 9.47 Å². The van der Waals surface area contributed by atoms with Gasteiger partial charge in [-0.15, -0.1) is 5.11 Å². The summed E-state index contributed by atoms with van der Waals surface area (Å²) in [6, 6.07) is 10.4. The number of nitrogen functional groups attached to an aromatic ring is 1. The molecule has 0 fully saturated rings. The topological polar surface area (TPSA) is 69.2 Å². The molecular weight excluding hydrogens is 278 g/mol.